The Morgan fingerprint density at radius 3 is 2.79 bits per heavy atom. The number of rotatable bonds is 4. The van der Waals surface area contributed by atoms with Crippen LogP contribution in [0.3, 0.4) is 0 Å². The van der Waals surface area contributed by atoms with Gasteiger partial charge in [-0.3, -0.25) is 9.59 Å². The molecule has 0 unspecified atom stereocenters. The third-order valence-corrected chi connectivity index (χ3v) is 7.18. The number of nitrogens with zero attached hydrogens (tertiary/aromatic N) is 1. The number of hydrogen-bond donors (Lipinski definition) is 2. The van der Waals surface area contributed by atoms with Crippen LogP contribution >= 0.6 is 35.1 Å². The van der Waals surface area contributed by atoms with Crippen LogP contribution in [-0.4, -0.2) is 41.7 Å². The first-order valence-corrected chi connectivity index (χ1v) is 11.5. The lowest BCUT2D eigenvalue weighted by molar-refractivity contribution is -0.120. The van der Waals surface area contributed by atoms with Crippen LogP contribution in [0.15, 0.2) is 47.4 Å². The predicted molar refractivity (Wildman–Crippen MR) is 119 cm³/mol. The Morgan fingerprint density at radius 1 is 1.21 bits per heavy atom. The summed E-state index contributed by atoms with van der Waals surface area (Å²) < 4.78 is 0. The zero-order valence-electron chi connectivity index (χ0n) is 15.1. The van der Waals surface area contributed by atoms with Gasteiger partial charge in [0.05, 0.1) is 21.6 Å². The number of hydrogen-bond acceptors (Lipinski definition) is 5. The summed E-state index contributed by atoms with van der Waals surface area (Å²) >= 11 is 9.82. The zero-order valence-corrected chi connectivity index (χ0v) is 17.5. The van der Waals surface area contributed by atoms with E-state index in [0.29, 0.717) is 10.7 Å². The first-order chi connectivity index (χ1) is 13.6. The van der Waals surface area contributed by atoms with E-state index >= 15 is 0 Å². The van der Waals surface area contributed by atoms with Gasteiger partial charge in [-0.15, -0.1) is 11.8 Å². The fourth-order valence-corrected chi connectivity index (χ4v) is 5.57. The summed E-state index contributed by atoms with van der Waals surface area (Å²) in [4.78, 5) is 28.0. The van der Waals surface area contributed by atoms with Crippen molar-refractivity contribution in [3.63, 3.8) is 0 Å². The lowest BCUT2D eigenvalue weighted by atomic mass is 10.2. The fraction of sp³-hybridized carbons (Fsp3) is 0.300. The monoisotopic (exact) mass is 433 g/mol. The van der Waals surface area contributed by atoms with Crippen LogP contribution in [0.2, 0.25) is 5.02 Å². The van der Waals surface area contributed by atoms with Crippen molar-refractivity contribution in [2.75, 3.05) is 40.1 Å². The summed E-state index contributed by atoms with van der Waals surface area (Å²) in [6, 6.07) is 13.2. The minimum atomic E-state index is -0.449. The van der Waals surface area contributed by atoms with Gasteiger partial charge in [-0.25, -0.2) is 0 Å². The second-order valence-corrected chi connectivity index (χ2v) is 9.49. The molecule has 1 saturated heterocycles. The molecular weight excluding hydrogens is 414 g/mol. The summed E-state index contributed by atoms with van der Waals surface area (Å²) in [6.07, 6.45) is 0.105. The molecule has 0 spiro atoms. The third-order valence-electron chi connectivity index (χ3n) is 4.66. The molecule has 8 heteroatoms. The molecule has 1 fully saturated rings. The van der Waals surface area contributed by atoms with Crippen LogP contribution < -0.4 is 15.5 Å². The summed E-state index contributed by atoms with van der Waals surface area (Å²) in [6.45, 7) is 1.96. The fourth-order valence-electron chi connectivity index (χ4n) is 3.25. The van der Waals surface area contributed by atoms with Crippen LogP contribution in [0.1, 0.15) is 6.42 Å². The Hall–Kier alpha value is -1.83. The van der Waals surface area contributed by atoms with Gasteiger partial charge in [0, 0.05) is 41.6 Å². The number of fused-ring (bicyclic) bond motifs is 1. The van der Waals surface area contributed by atoms with Crippen molar-refractivity contribution in [1.82, 2.24) is 0 Å². The minimum Gasteiger partial charge on any atom is -0.369 e. The van der Waals surface area contributed by atoms with E-state index in [0.717, 1.165) is 40.9 Å². The first kappa shape index (κ1) is 19.5. The van der Waals surface area contributed by atoms with Crippen LogP contribution in [0, 0.1) is 0 Å². The molecule has 4 rings (SSSR count). The molecule has 2 amide bonds. The van der Waals surface area contributed by atoms with Crippen molar-refractivity contribution in [3.05, 3.63) is 47.5 Å². The van der Waals surface area contributed by atoms with Gasteiger partial charge in [-0.1, -0.05) is 23.7 Å². The largest absolute Gasteiger partial charge is 0.369 e. The molecule has 1 atom stereocenters. The van der Waals surface area contributed by atoms with Crippen molar-refractivity contribution in [1.29, 1.82) is 0 Å². The number of carbonyl (C=O) groups is 2. The zero-order chi connectivity index (χ0) is 19.5. The molecular formula is C20H20ClN3O2S2. The lowest BCUT2D eigenvalue weighted by Gasteiger charge is -2.29. The Kier molecular flexibility index (Phi) is 6.04. The number of benzene rings is 2. The number of amides is 2. The van der Waals surface area contributed by atoms with E-state index in [9.17, 15) is 9.59 Å². The highest BCUT2D eigenvalue weighted by molar-refractivity contribution is 8.01. The van der Waals surface area contributed by atoms with E-state index in [2.05, 4.69) is 15.5 Å². The van der Waals surface area contributed by atoms with E-state index in [1.54, 1.807) is 6.07 Å². The van der Waals surface area contributed by atoms with Crippen molar-refractivity contribution in [2.45, 2.75) is 16.6 Å². The number of anilines is 3. The molecule has 28 heavy (non-hydrogen) atoms. The van der Waals surface area contributed by atoms with Gasteiger partial charge >= 0.3 is 0 Å². The van der Waals surface area contributed by atoms with Crippen LogP contribution in [0.5, 0.6) is 0 Å². The van der Waals surface area contributed by atoms with Crippen LogP contribution in [0.4, 0.5) is 17.1 Å². The van der Waals surface area contributed by atoms with E-state index < -0.39 is 5.25 Å². The Labute approximate surface area is 177 Å². The van der Waals surface area contributed by atoms with Gasteiger partial charge in [0.15, 0.2) is 0 Å². The molecule has 2 heterocycles. The standard InChI is InChI=1S/C20H20ClN3O2S2/c21-14-11-13(5-6-16(14)24-7-9-27-10-8-24)22-19(25)12-18-20(26)23-15-3-1-2-4-17(15)28-18/h1-6,11,18H,7-10,12H2,(H,22,25)(H,23,26)/t18-/m0/s1. The molecule has 0 aromatic heterocycles. The predicted octanol–water partition coefficient (Wildman–Crippen LogP) is 4.33. The van der Waals surface area contributed by atoms with E-state index in [4.69, 9.17) is 11.6 Å². The van der Waals surface area contributed by atoms with E-state index in [1.165, 1.54) is 11.8 Å². The Morgan fingerprint density at radius 2 is 2.00 bits per heavy atom. The topological polar surface area (TPSA) is 61.4 Å². The van der Waals surface area contributed by atoms with E-state index in [-0.39, 0.29) is 18.2 Å². The van der Waals surface area contributed by atoms with Crippen molar-refractivity contribution < 1.29 is 9.59 Å². The van der Waals surface area contributed by atoms with Crippen LogP contribution in [-0.2, 0) is 9.59 Å². The quantitative estimate of drug-likeness (QED) is 0.751. The van der Waals surface area contributed by atoms with Gasteiger partial charge in [0.1, 0.15) is 0 Å². The maximum Gasteiger partial charge on any atom is 0.238 e. The molecule has 2 aliphatic rings. The smallest absolute Gasteiger partial charge is 0.238 e. The summed E-state index contributed by atoms with van der Waals surface area (Å²) in [5.74, 6) is 1.85. The molecule has 0 bridgehead atoms. The molecule has 2 aromatic rings. The van der Waals surface area contributed by atoms with Crippen LogP contribution in [0.25, 0.3) is 0 Å². The highest BCUT2D eigenvalue weighted by Gasteiger charge is 2.28. The van der Waals surface area contributed by atoms with Crippen molar-refractivity contribution in [2.24, 2.45) is 0 Å². The van der Waals surface area contributed by atoms with Crippen molar-refractivity contribution >= 4 is 64.0 Å². The van der Waals surface area contributed by atoms with Gasteiger partial charge in [-0.2, -0.15) is 11.8 Å². The van der Waals surface area contributed by atoms with Gasteiger partial charge in [0.25, 0.3) is 0 Å². The summed E-state index contributed by atoms with van der Waals surface area (Å²) in [5.41, 5.74) is 2.44. The average Bonchev–Trinajstić information content (AvgIpc) is 2.69. The highest BCUT2D eigenvalue weighted by Crippen LogP contribution is 2.37. The van der Waals surface area contributed by atoms with E-state index in [1.807, 2.05) is 48.2 Å². The number of para-hydroxylation sites is 1. The highest BCUT2D eigenvalue weighted by atomic mass is 35.5. The average molecular weight is 434 g/mol. The third kappa shape index (κ3) is 4.42. The first-order valence-electron chi connectivity index (χ1n) is 9.09. The Balaban J connectivity index is 1.38. The number of carbonyl (C=O) groups excluding carboxylic acids is 2. The SMILES string of the molecule is O=C(C[C@@H]1Sc2ccccc2NC1=O)Nc1ccc(N2CCSCC2)c(Cl)c1. The molecule has 2 N–H and O–H groups in total. The van der Waals surface area contributed by atoms with Gasteiger partial charge < -0.3 is 15.5 Å². The summed E-state index contributed by atoms with van der Waals surface area (Å²) in [5, 5.41) is 5.91. The molecule has 0 saturated carbocycles. The van der Waals surface area contributed by atoms with Gasteiger partial charge in [-0.05, 0) is 30.3 Å². The second kappa shape index (κ2) is 8.68. The molecule has 146 valence electrons. The molecule has 0 radical (unpaired) electrons. The molecule has 5 nitrogen and oxygen atoms in total. The maximum atomic E-state index is 12.5. The molecule has 0 aliphatic carbocycles. The molecule has 2 aliphatic heterocycles. The lowest BCUT2D eigenvalue weighted by Crippen LogP contribution is -2.33. The number of halogens is 1. The number of thioether (sulfide) groups is 2. The number of nitrogens with one attached hydrogen (secondary N) is 2. The summed E-state index contributed by atoms with van der Waals surface area (Å²) in [7, 11) is 0. The normalized spacial score (nSPS) is 19.0. The van der Waals surface area contributed by atoms with Crippen molar-refractivity contribution in [3.8, 4) is 0 Å². The molecule has 2 aromatic carbocycles. The maximum absolute atomic E-state index is 12.5. The minimum absolute atomic E-state index is 0.105. The Bertz CT molecular complexity index is 903. The van der Waals surface area contributed by atoms with Gasteiger partial charge in [0.2, 0.25) is 11.8 Å². The second-order valence-electron chi connectivity index (χ2n) is 6.61.